The van der Waals surface area contributed by atoms with Crippen molar-refractivity contribution in [2.75, 3.05) is 0 Å². The predicted octanol–water partition coefficient (Wildman–Crippen LogP) is 4.87. The molecule has 0 aromatic rings. The van der Waals surface area contributed by atoms with Gasteiger partial charge in [0, 0.05) is 6.42 Å². The SMILES string of the molecule is CC/C=C\CC1OC1C/C=C/CCCCCCCC(=O)O. The minimum absolute atomic E-state index is 0.315. The fraction of sp³-hybridized carbons (Fsp3) is 0.722. The predicted molar refractivity (Wildman–Crippen MR) is 86.4 cm³/mol. The summed E-state index contributed by atoms with van der Waals surface area (Å²) in [6.45, 7) is 2.15. The second-order valence-electron chi connectivity index (χ2n) is 5.74. The standard InChI is InChI=1S/C18H30O3/c1-2-3-10-13-16-17(21-16)14-11-8-6-4-5-7-9-12-15-18(19)20/h3,8,10-11,16-17H,2,4-7,9,12-15H2,1H3,(H,19,20)/b10-3-,11-8+. The van der Waals surface area contributed by atoms with Crippen LogP contribution in [-0.2, 0) is 9.53 Å². The topological polar surface area (TPSA) is 49.8 Å². The first-order valence-electron chi connectivity index (χ1n) is 8.41. The Hall–Kier alpha value is -1.09. The zero-order chi connectivity index (χ0) is 15.3. The van der Waals surface area contributed by atoms with Crippen LogP contribution in [0.3, 0.4) is 0 Å². The van der Waals surface area contributed by atoms with E-state index in [4.69, 9.17) is 9.84 Å². The van der Waals surface area contributed by atoms with Gasteiger partial charge in [-0.1, -0.05) is 50.5 Å². The summed E-state index contributed by atoms with van der Waals surface area (Å²) < 4.78 is 5.60. The number of aliphatic carboxylic acids is 1. The third-order valence-electron chi connectivity index (χ3n) is 3.75. The highest BCUT2D eigenvalue weighted by molar-refractivity contribution is 5.66. The summed E-state index contributed by atoms with van der Waals surface area (Å²) in [5.41, 5.74) is 0. The zero-order valence-corrected chi connectivity index (χ0v) is 13.3. The molecule has 0 aromatic carbocycles. The Labute approximate surface area is 129 Å². The Morgan fingerprint density at radius 3 is 2.24 bits per heavy atom. The zero-order valence-electron chi connectivity index (χ0n) is 13.3. The molecule has 2 unspecified atom stereocenters. The molecule has 1 heterocycles. The molecule has 2 atom stereocenters. The molecule has 0 aromatic heterocycles. The lowest BCUT2D eigenvalue weighted by atomic mass is 10.1. The lowest BCUT2D eigenvalue weighted by molar-refractivity contribution is -0.137. The Bertz CT molecular complexity index is 333. The molecule has 1 N–H and O–H groups in total. The smallest absolute Gasteiger partial charge is 0.303 e. The molecule has 3 heteroatoms. The maximum atomic E-state index is 10.3. The molecule has 1 fully saturated rings. The molecule has 0 radical (unpaired) electrons. The monoisotopic (exact) mass is 294 g/mol. The van der Waals surface area contributed by atoms with E-state index in [9.17, 15) is 4.79 Å². The molecule has 0 spiro atoms. The average molecular weight is 294 g/mol. The summed E-state index contributed by atoms with van der Waals surface area (Å²) in [6, 6.07) is 0. The van der Waals surface area contributed by atoms with Crippen molar-refractivity contribution in [2.45, 2.75) is 83.3 Å². The molecule has 1 saturated heterocycles. The third-order valence-corrected chi connectivity index (χ3v) is 3.75. The quantitative estimate of drug-likeness (QED) is 0.299. The Kier molecular flexibility index (Phi) is 9.88. The van der Waals surface area contributed by atoms with E-state index in [2.05, 4.69) is 31.2 Å². The summed E-state index contributed by atoms with van der Waals surface area (Å²) >= 11 is 0. The number of allylic oxidation sites excluding steroid dienone is 2. The van der Waals surface area contributed by atoms with Crippen LogP contribution in [0.25, 0.3) is 0 Å². The Morgan fingerprint density at radius 1 is 0.952 bits per heavy atom. The highest BCUT2D eigenvalue weighted by Crippen LogP contribution is 2.29. The molecule has 0 amide bonds. The van der Waals surface area contributed by atoms with Crippen molar-refractivity contribution < 1.29 is 14.6 Å². The first kappa shape index (κ1) is 18.0. The van der Waals surface area contributed by atoms with Gasteiger partial charge >= 0.3 is 5.97 Å². The van der Waals surface area contributed by atoms with Crippen LogP contribution >= 0.6 is 0 Å². The molecular weight excluding hydrogens is 264 g/mol. The van der Waals surface area contributed by atoms with Crippen LogP contribution in [0.15, 0.2) is 24.3 Å². The first-order valence-corrected chi connectivity index (χ1v) is 8.41. The van der Waals surface area contributed by atoms with Gasteiger partial charge in [-0.15, -0.1) is 0 Å². The van der Waals surface area contributed by atoms with Crippen LogP contribution in [0.1, 0.15) is 71.1 Å². The van der Waals surface area contributed by atoms with E-state index in [-0.39, 0.29) is 0 Å². The van der Waals surface area contributed by atoms with Gasteiger partial charge in [-0.05, 0) is 38.5 Å². The van der Waals surface area contributed by atoms with Crippen LogP contribution in [0, 0.1) is 0 Å². The third kappa shape index (κ3) is 10.3. The Balaban J connectivity index is 1.84. The van der Waals surface area contributed by atoms with Gasteiger partial charge in [-0.3, -0.25) is 4.79 Å². The van der Waals surface area contributed by atoms with E-state index in [1.54, 1.807) is 0 Å². The van der Waals surface area contributed by atoms with E-state index >= 15 is 0 Å². The number of hydrogen-bond donors (Lipinski definition) is 1. The van der Waals surface area contributed by atoms with Crippen molar-refractivity contribution in [1.82, 2.24) is 0 Å². The number of rotatable bonds is 13. The number of unbranched alkanes of at least 4 members (excludes halogenated alkanes) is 5. The molecular formula is C18H30O3. The molecule has 21 heavy (non-hydrogen) atoms. The van der Waals surface area contributed by atoms with Crippen LogP contribution in [0.4, 0.5) is 0 Å². The van der Waals surface area contributed by atoms with Crippen molar-refractivity contribution in [2.24, 2.45) is 0 Å². The lowest BCUT2D eigenvalue weighted by Crippen LogP contribution is -1.93. The molecule has 1 aliphatic rings. The number of epoxide rings is 1. The molecule has 120 valence electrons. The molecule has 1 aliphatic heterocycles. The Morgan fingerprint density at radius 2 is 1.57 bits per heavy atom. The van der Waals surface area contributed by atoms with Gasteiger partial charge in [0.25, 0.3) is 0 Å². The van der Waals surface area contributed by atoms with E-state index < -0.39 is 5.97 Å². The van der Waals surface area contributed by atoms with Gasteiger partial charge in [-0.25, -0.2) is 0 Å². The molecule has 0 bridgehead atoms. The highest BCUT2D eigenvalue weighted by Gasteiger charge is 2.35. The van der Waals surface area contributed by atoms with E-state index in [0.717, 1.165) is 44.9 Å². The number of hydrogen-bond acceptors (Lipinski definition) is 2. The highest BCUT2D eigenvalue weighted by atomic mass is 16.6. The van der Waals surface area contributed by atoms with Crippen molar-refractivity contribution in [3.8, 4) is 0 Å². The number of carbonyl (C=O) groups is 1. The van der Waals surface area contributed by atoms with Gasteiger partial charge in [-0.2, -0.15) is 0 Å². The summed E-state index contributed by atoms with van der Waals surface area (Å²) in [5.74, 6) is -0.677. The normalized spacial score (nSPS) is 21.4. The fourth-order valence-electron chi connectivity index (χ4n) is 2.41. The maximum Gasteiger partial charge on any atom is 0.303 e. The van der Waals surface area contributed by atoms with E-state index in [1.165, 1.54) is 12.8 Å². The van der Waals surface area contributed by atoms with Crippen LogP contribution < -0.4 is 0 Å². The largest absolute Gasteiger partial charge is 0.481 e. The van der Waals surface area contributed by atoms with Gasteiger partial charge in [0.15, 0.2) is 0 Å². The van der Waals surface area contributed by atoms with Crippen molar-refractivity contribution in [1.29, 1.82) is 0 Å². The van der Waals surface area contributed by atoms with Gasteiger partial charge in [0.2, 0.25) is 0 Å². The van der Waals surface area contributed by atoms with Crippen LogP contribution in [0.2, 0.25) is 0 Å². The van der Waals surface area contributed by atoms with Gasteiger partial charge in [0.05, 0.1) is 12.2 Å². The molecule has 0 saturated carbocycles. The fourth-order valence-corrected chi connectivity index (χ4v) is 2.41. The molecule has 3 nitrogen and oxygen atoms in total. The van der Waals surface area contributed by atoms with Crippen molar-refractivity contribution in [3.63, 3.8) is 0 Å². The van der Waals surface area contributed by atoms with Gasteiger partial charge in [0.1, 0.15) is 0 Å². The second kappa shape index (κ2) is 11.6. The molecule has 0 aliphatic carbocycles. The summed E-state index contributed by atoms with van der Waals surface area (Å²) in [6.07, 6.45) is 19.9. The van der Waals surface area contributed by atoms with E-state index in [1.807, 2.05) is 0 Å². The van der Waals surface area contributed by atoms with Crippen LogP contribution in [-0.4, -0.2) is 23.3 Å². The first-order chi connectivity index (χ1) is 10.2. The summed E-state index contributed by atoms with van der Waals surface area (Å²) in [7, 11) is 0. The summed E-state index contributed by atoms with van der Waals surface area (Å²) in [5, 5.41) is 8.52. The van der Waals surface area contributed by atoms with Crippen LogP contribution in [0.5, 0.6) is 0 Å². The van der Waals surface area contributed by atoms with E-state index in [0.29, 0.717) is 18.6 Å². The average Bonchev–Trinajstić information content (AvgIpc) is 3.19. The minimum Gasteiger partial charge on any atom is -0.481 e. The molecule has 1 rings (SSSR count). The second-order valence-corrected chi connectivity index (χ2v) is 5.74. The van der Waals surface area contributed by atoms with Gasteiger partial charge < -0.3 is 9.84 Å². The van der Waals surface area contributed by atoms with Crippen molar-refractivity contribution >= 4 is 5.97 Å². The minimum atomic E-state index is -0.677. The summed E-state index contributed by atoms with van der Waals surface area (Å²) in [4.78, 5) is 10.3. The van der Waals surface area contributed by atoms with Crippen molar-refractivity contribution in [3.05, 3.63) is 24.3 Å². The number of ether oxygens (including phenoxy) is 1. The maximum absolute atomic E-state index is 10.3. The lowest BCUT2D eigenvalue weighted by Gasteiger charge is -1.98. The number of carboxylic acids is 1. The number of carboxylic acid groups (broad SMARTS) is 1.